The highest BCUT2D eigenvalue weighted by molar-refractivity contribution is 5.83. The lowest BCUT2D eigenvalue weighted by molar-refractivity contribution is -0.133. The molecule has 0 aliphatic carbocycles. The van der Waals surface area contributed by atoms with Crippen LogP contribution >= 0.6 is 0 Å². The summed E-state index contributed by atoms with van der Waals surface area (Å²) in [5.74, 6) is -0.164. The number of nitrogens with one attached hydrogen (secondary N) is 1. The molecule has 1 atom stereocenters. The Hall–Kier alpha value is -1.39. The normalized spacial score (nSPS) is 14.0. The van der Waals surface area contributed by atoms with E-state index in [4.69, 9.17) is 5.73 Å². The zero-order valence-corrected chi connectivity index (χ0v) is 12.1. The van der Waals surface area contributed by atoms with Gasteiger partial charge in [-0.1, -0.05) is 30.3 Å². The van der Waals surface area contributed by atoms with Gasteiger partial charge in [0.1, 0.15) is 0 Å². The fraction of sp³-hybridized carbons (Fsp3) is 0.533. The molecule has 0 bridgehead atoms. The first-order valence-electron chi connectivity index (χ1n) is 6.46. The highest BCUT2D eigenvalue weighted by Gasteiger charge is 2.41. The number of hydrogen-bond acceptors (Lipinski definition) is 3. The summed E-state index contributed by atoms with van der Waals surface area (Å²) in [7, 11) is 0. The Morgan fingerprint density at radius 3 is 2.21 bits per heavy atom. The second-order valence-electron chi connectivity index (χ2n) is 5.97. The molecule has 0 unspecified atom stereocenters. The van der Waals surface area contributed by atoms with E-state index in [0.29, 0.717) is 0 Å². The molecule has 1 aromatic rings. The Balaban J connectivity index is 2.86. The maximum atomic E-state index is 12.4. The van der Waals surface area contributed by atoms with Crippen LogP contribution in [-0.4, -0.2) is 23.2 Å². The first kappa shape index (κ1) is 15.7. The van der Waals surface area contributed by atoms with E-state index in [0.717, 1.165) is 5.56 Å². The van der Waals surface area contributed by atoms with E-state index in [2.05, 4.69) is 5.32 Å². The van der Waals surface area contributed by atoms with Gasteiger partial charge in [-0.2, -0.15) is 0 Å². The average Bonchev–Trinajstić information content (AvgIpc) is 2.35. The number of carbonyl (C=O) groups excluding carboxylic acids is 1. The summed E-state index contributed by atoms with van der Waals surface area (Å²) in [6.07, 6.45) is 0. The Bertz CT molecular complexity index is 422. The average molecular weight is 264 g/mol. The van der Waals surface area contributed by atoms with Gasteiger partial charge in [-0.15, -0.1) is 0 Å². The minimum atomic E-state index is -0.727. The molecular weight excluding hydrogens is 240 g/mol. The van der Waals surface area contributed by atoms with E-state index in [1.54, 1.807) is 0 Å². The largest absolute Gasteiger partial charge is 0.394 e. The molecule has 0 aliphatic heterocycles. The third-order valence-electron chi connectivity index (χ3n) is 3.87. The van der Waals surface area contributed by atoms with Gasteiger partial charge in [0.25, 0.3) is 0 Å². The minimum absolute atomic E-state index is 0.142. The van der Waals surface area contributed by atoms with Gasteiger partial charge in [0.05, 0.1) is 18.1 Å². The van der Waals surface area contributed by atoms with Gasteiger partial charge in [-0.3, -0.25) is 4.79 Å². The molecule has 0 heterocycles. The molecule has 0 aliphatic rings. The van der Waals surface area contributed by atoms with E-state index in [1.165, 1.54) is 0 Å². The lowest BCUT2D eigenvalue weighted by Crippen LogP contribution is -2.56. The molecule has 1 aromatic carbocycles. The second kappa shape index (κ2) is 5.72. The highest BCUT2D eigenvalue weighted by Crippen LogP contribution is 2.29. The zero-order valence-electron chi connectivity index (χ0n) is 12.1. The van der Waals surface area contributed by atoms with Crippen molar-refractivity contribution in [2.24, 2.45) is 11.1 Å². The lowest BCUT2D eigenvalue weighted by atomic mass is 9.74. The van der Waals surface area contributed by atoms with Gasteiger partial charge in [-0.05, 0) is 33.3 Å². The van der Waals surface area contributed by atoms with E-state index < -0.39 is 17.0 Å². The van der Waals surface area contributed by atoms with Crippen LogP contribution in [0.1, 0.15) is 39.3 Å². The number of aliphatic hydroxyl groups excluding tert-OH is 1. The Morgan fingerprint density at radius 1 is 1.26 bits per heavy atom. The predicted molar refractivity (Wildman–Crippen MR) is 76.5 cm³/mol. The van der Waals surface area contributed by atoms with Crippen LogP contribution in [-0.2, 0) is 4.79 Å². The zero-order chi connectivity index (χ0) is 14.7. The van der Waals surface area contributed by atoms with Crippen LogP contribution in [0.3, 0.4) is 0 Å². The first-order chi connectivity index (χ1) is 8.70. The molecule has 4 nitrogen and oxygen atoms in total. The van der Waals surface area contributed by atoms with Crippen LogP contribution in [0.2, 0.25) is 0 Å². The van der Waals surface area contributed by atoms with Crippen molar-refractivity contribution in [2.75, 3.05) is 6.61 Å². The fourth-order valence-corrected chi connectivity index (χ4v) is 1.55. The Kier molecular flexibility index (Phi) is 4.71. The molecule has 106 valence electrons. The first-order valence-corrected chi connectivity index (χ1v) is 6.46. The maximum absolute atomic E-state index is 12.4. The number of hydrogen-bond donors (Lipinski definition) is 3. The van der Waals surface area contributed by atoms with Gasteiger partial charge in [0.15, 0.2) is 0 Å². The van der Waals surface area contributed by atoms with Crippen molar-refractivity contribution >= 4 is 5.91 Å². The Morgan fingerprint density at radius 2 is 1.79 bits per heavy atom. The predicted octanol–water partition coefficient (Wildman–Crippen LogP) is 1.60. The van der Waals surface area contributed by atoms with Crippen molar-refractivity contribution < 1.29 is 9.90 Å². The van der Waals surface area contributed by atoms with E-state index in [9.17, 15) is 9.90 Å². The van der Waals surface area contributed by atoms with E-state index in [1.807, 2.05) is 58.0 Å². The number of nitrogens with two attached hydrogens (primary N) is 1. The summed E-state index contributed by atoms with van der Waals surface area (Å²) in [6, 6.07) is 9.00. The highest BCUT2D eigenvalue weighted by atomic mass is 16.3. The van der Waals surface area contributed by atoms with Gasteiger partial charge in [0.2, 0.25) is 5.91 Å². The quantitative estimate of drug-likeness (QED) is 0.756. The van der Waals surface area contributed by atoms with Gasteiger partial charge < -0.3 is 16.2 Å². The lowest BCUT2D eigenvalue weighted by Gasteiger charge is -2.38. The maximum Gasteiger partial charge on any atom is 0.228 e. The molecule has 1 rings (SSSR count). The van der Waals surface area contributed by atoms with Crippen molar-refractivity contribution in [3.05, 3.63) is 35.9 Å². The number of rotatable bonds is 5. The third kappa shape index (κ3) is 3.55. The smallest absolute Gasteiger partial charge is 0.228 e. The molecule has 19 heavy (non-hydrogen) atoms. The summed E-state index contributed by atoms with van der Waals surface area (Å²) < 4.78 is 0. The van der Waals surface area contributed by atoms with Crippen molar-refractivity contribution in [3.63, 3.8) is 0 Å². The topological polar surface area (TPSA) is 75.4 Å². The summed E-state index contributed by atoms with van der Waals surface area (Å²) in [4.78, 5) is 12.4. The summed E-state index contributed by atoms with van der Waals surface area (Å²) >= 11 is 0. The van der Waals surface area contributed by atoms with Crippen LogP contribution in [0.5, 0.6) is 0 Å². The van der Waals surface area contributed by atoms with E-state index >= 15 is 0 Å². The minimum Gasteiger partial charge on any atom is -0.394 e. The standard InChI is InChI=1S/C15H24N2O2/c1-14(2,15(3,4)16)13(19)17-12(10-18)11-8-6-5-7-9-11/h5-9,12,18H,10,16H2,1-4H3,(H,17,19)/t12-/m1/s1. The summed E-state index contributed by atoms with van der Waals surface area (Å²) in [6.45, 7) is 7.12. The van der Waals surface area contributed by atoms with Crippen molar-refractivity contribution in [2.45, 2.75) is 39.3 Å². The molecule has 1 amide bonds. The molecular formula is C15H24N2O2. The molecule has 0 radical (unpaired) electrons. The van der Waals surface area contributed by atoms with Crippen LogP contribution in [0, 0.1) is 5.41 Å². The third-order valence-corrected chi connectivity index (χ3v) is 3.87. The molecule has 0 saturated carbocycles. The van der Waals surface area contributed by atoms with Crippen LogP contribution in [0.15, 0.2) is 30.3 Å². The molecule has 0 fully saturated rings. The Labute approximate surface area is 115 Å². The SMILES string of the molecule is CC(C)(N)C(C)(C)C(=O)N[C@H](CO)c1ccccc1. The fourth-order valence-electron chi connectivity index (χ4n) is 1.55. The molecule has 4 N–H and O–H groups in total. The van der Waals surface area contributed by atoms with E-state index in [-0.39, 0.29) is 12.5 Å². The molecule has 0 spiro atoms. The molecule has 0 aromatic heterocycles. The number of benzene rings is 1. The number of amides is 1. The van der Waals surface area contributed by atoms with Crippen molar-refractivity contribution in [3.8, 4) is 0 Å². The van der Waals surface area contributed by atoms with Crippen molar-refractivity contribution in [1.29, 1.82) is 0 Å². The van der Waals surface area contributed by atoms with Crippen LogP contribution in [0.25, 0.3) is 0 Å². The number of aliphatic hydroxyl groups is 1. The van der Waals surface area contributed by atoms with Gasteiger partial charge in [-0.25, -0.2) is 0 Å². The second-order valence-corrected chi connectivity index (χ2v) is 5.97. The monoisotopic (exact) mass is 264 g/mol. The molecule has 4 heteroatoms. The van der Waals surface area contributed by atoms with Crippen LogP contribution in [0.4, 0.5) is 0 Å². The summed E-state index contributed by atoms with van der Waals surface area (Å²) in [5, 5.41) is 12.3. The van der Waals surface area contributed by atoms with Gasteiger partial charge in [0, 0.05) is 5.54 Å². The number of carbonyl (C=O) groups is 1. The van der Waals surface area contributed by atoms with Gasteiger partial charge >= 0.3 is 0 Å². The van der Waals surface area contributed by atoms with Crippen molar-refractivity contribution in [1.82, 2.24) is 5.32 Å². The molecule has 0 saturated heterocycles. The van der Waals surface area contributed by atoms with Crippen LogP contribution < -0.4 is 11.1 Å². The summed E-state index contributed by atoms with van der Waals surface area (Å²) in [5.41, 5.74) is 5.55.